The first-order valence-corrected chi connectivity index (χ1v) is 6.73. The molecule has 0 saturated heterocycles. The summed E-state index contributed by atoms with van der Waals surface area (Å²) in [6.45, 7) is 1.57. The molecule has 0 unspecified atom stereocenters. The van der Waals surface area contributed by atoms with Gasteiger partial charge in [0.1, 0.15) is 5.75 Å². The fourth-order valence-electron chi connectivity index (χ4n) is 1.73. The van der Waals surface area contributed by atoms with Crippen molar-refractivity contribution in [2.75, 3.05) is 26.1 Å². The summed E-state index contributed by atoms with van der Waals surface area (Å²) in [5.74, 6) is 1.89. The van der Waals surface area contributed by atoms with Crippen molar-refractivity contribution in [2.24, 2.45) is 5.41 Å². The van der Waals surface area contributed by atoms with E-state index in [9.17, 15) is 0 Å². The molecule has 2 nitrogen and oxygen atoms in total. The third-order valence-corrected chi connectivity index (χ3v) is 4.03. The zero-order chi connectivity index (χ0) is 12.1. The van der Waals surface area contributed by atoms with Gasteiger partial charge in [-0.25, -0.2) is 0 Å². The maximum absolute atomic E-state index is 5.80. The second-order valence-corrected chi connectivity index (χ2v) is 5.15. The van der Waals surface area contributed by atoms with Gasteiger partial charge in [-0.2, -0.15) is 12.6 Å². The predicted octanol–water partition coefficient (Wildman–Crippen LogP) is 2.96. The Hall–Kier alpha value is -0.670. The summed E-state index contributed by atoms with van der Waals surface area (Å²) in [5.41, 5.74) is 1.65. The van der Waals surface area contributed by atoms with Gasteiger partial charge in [0.05, 0.1) is 13.2 Å². The van der Waals surface area contributed by atoms with Crippen LogP contribution in [0.1, 0.15) is 18.4 Å². The molecule has 0 aromatic heterocycles. The average molecular weight is 252 g/mol. The lowest BCUT2D eigenvalue weighted by Gasteiger charge is -2.13. The van der Waals surface area contributed by atoms with Crippen molar-refractivity contribution in [1.29, 1.82) is 0 Å². The van der Waals surface area contributed by atoms with Crippen LogP contribution in [0.25, 0.3) is 0 Å². The quantitative estimate of drug-likeness (QED) is 0.752. The summed E-state index contributed by atoms with van der Waals surface area (Å²) < 4.78 is 10.9. The summed E-state index contributed by atoms with van der Waals surface area (Å²) in [6.07, 6.45) is 3.46. The Morgan fingerprint density at radius 1 is 1.24 bits per heavy atom. The van der Waals surface area contributed by atoms with Crippen LogP contribution in [-0.2, 0) is 11.2 Å². The molecule has 1 aliphatic rings. The van der Waals surface area contributed by atoms with Crippen LogP contribution in [0.5, 0.6) is 5.75 Å². The number of ether oxygens (including phenoxy) is 2. The molecular weight excluding hydrogens is 232 g/mol. The summed E-state index contributed by atoms with van der Waals surface area (Å²) in [4.78, 5) is 0. The highest BCUT2D eigenvalue weighted by molar-refractivity contribution is 7.80. The number of rotatable bonds is 7. The highest BCUT2D eigenvalue weighted by Gasteiger charge is 2.42. The van der Waals surface area contributed by atoms with Gasteiger partial charge in [-0.15, -0.1) is 0 Å². The number of hydrogen-bond acceptors (Lipinski definition) is 3. The Kier molecular flexibility index (Phi) is 4.35. The summed E-state index contributed by atoms with van der Waals surface area (Å²) >= 11 is 4.37. The molecule has 0 atom stereocenters. The van der Waals surface area contributed by atoms with Gasteiger partial charge >= 0.3 is 0 Å². The van der Waals surface area contributed by atoms with Gasteiger partial charge in [0, 0.05) is 12.5 Å². The fraction of sp³-hybridized carbons (Fsp3) is 0.571. The van der Waals surface area contributed by atoms with Crippen LogP contribution in [0.15, 0.2) is 24.3 Å². The van der Waals surface area contributed by atoms with Crippen LogP contribution < -0.4 is 4.74 Å². The maximum Gasteiger partial charge on any atom is 0.119 e. The molecule has 1 aliphatic carbocycles. The number of methoxy groups -OCH3 is 1. The van der Waals surface area contributed by atoms with Gasteiger partial charge in [-0.05, 0) is 42.7 Å². The molecule has 0 bridgehead atoms. The van der Waals surface area contributed by atoms with Gasteiger partial charge in [0.25, 0.3) is 0 Å². The van der Waals surface area contributed by atoms with Crippen molar-refractivity contribution in [3.05, 3.63) is 29.8 Å². The Bertz CT molecular complexity index is 344. The highest BCUT2D eigenvalue weighted by atomic mass is 32.1. The van der Waals surface area contributed by atoms with Gasteiger partial charge in [0.2, 0.25) is 0 Å². The van der Waals surface area contributed by atoms with E-state index >= 15 is 0 Å². The van der Waals surface area contributed by atoms with Crippen LogP contribution in [0.3, 0.4) is 0 Å². The molecule has 1 aromatic carbocycles. The Morgan fingerprint density at radius 2 is 1.94 bits per heavy atom. The van der Waals surface area contributed by atoms with Crippen LogP contribution in [0, 0.1) is 5.41 Å². The largest absolute Gasteiger partial charge is 0.493 e. The van der Waals surface area contributed by atoms with Crippen molar-refractivity contribution in [3.8, 4) is 5.75 Å². The topological polar surface area (TPSA) is 18.5 Å². The molecule has 17 heavy (non-hydrogen) atoms. The SMILES string of the molecule is COCCc1ccc(OCC2(CS)CC2)cc1. The van der Waals surface area contributed by atoms with E-state index in [0.29, 0.717) is 5.41 Å². The van der Waals surface area contributed by atoms with Gasteiger partial charge < -0.3 is 9.47 Å². The molecule has 1 aromatic rings. The molecule has 0 spiro atoms. The molecule has 1 fully saturated rings. The van der Waals surface area contributed by atoms with Crippen molar-refractivity contribution in [3.63, 3.8) is 0 Å². The molecule has 0 radical (unpaired) electrons. The van der Waals surface area contributed by atoms with Crippen LogP contribution in [0.2, 0.25) is 0 Å². The third kappa shape index (κ3) is 3.65. The van der Waals surface area contributed by atoms with E-state index in [1.807, 2.05) is 12.1 Å². The van der Waals surface area contributed by atoms with E-state index in [1.54, 1.807) is 7.11 Å². The Balaban J connectivity index is 1.81. The van der Waals surface area contributed by atoms with Crippen molar-refractivity contribution >= 4 is 12.6 Å². The normalized spacial score (nSPS) is 16.8. The smallest absolute Gasteiger partial charge is 0.119 e. The lowest BCUT2D eigenvalue weighted by Crippen LogP contribution is -2.14. The maximum atomic E-state index is 5.80. The second-order valence-electron chi connectivity index (χ2n) is 4.83. The van der Waals surface area contributed by atoms with Crippen LogP contribution in [-0.4, -0.2) is 26.1 Å². The standard InChI is InChI=1S/C14H20O2S/c1-15-9-6-12-2-4-13(5-3-12)16-10-14(11-17)7-8-14/h2-5,17H,6-11H2,1H3. The summed E-state index contributed by atoms with van der Waals surface area (Å²) in [5, 5.41) is 0. The summed E-state index contributed by atoms with van der Waals surface area (Å²) in [7, 11) is 1.73. The van der Waals surface area contributed by atoms with Gasteiger partial charge in [-0.3, -0.25) is 0 Å². The van der Waals surface area contributed by atoms with Gasteiger partial charge in [-0.1, -0.05) is 12.1 Å². The first-order valence-electron chi connectivity index (χ1n) is 6.10. The minimum absolute atomic E-state index is 0.359. The van der Waals surface area contributed by atoms with Crippen LogP contribution >= 0.6 is 12.6 Å². The molecule has 2 rings (SSSR count). The minimum atomic E-state index is 0.359. The van der Waals surface area contributed by atoms with E-state index < -0.39 is 0 Å². The first kappa shape index (κ1) is 12.8. The van der Waals surface area contributed by atoms with Crippen LogP contribution in [0.4, 0.5) is 0 Å². The van der Waals surface area contributed by atoms with Crippen molar-refractivity contribution in [2.45, 2.75) is 19.3 Å². The third-order valence-electron chi connectivity index (χ3n) is 3.36. The molecule has 94 valence electrons. The van der Waals surface area contributed by atoms with E-state index in [2.05, 4.69) is 24.8 Å². The molecular formula is C14H20O2S. The van der Waals surface area contributed by atoms with E-state index in [0.717, 1.165) is 31.1 Å². The average Bonchev–Trinajstić information content (AvgIpc) is 3.16. The number of benzene rings is 1. The lowest BCUT2D eigenvalue weighted by atomic mass is 10.1. The molecule has 0 heterocycles. The van der Waals surface area contributed by atoms with Gasteiger partial charge in [0.15, 0.2) is 0 Å². The molecule has 3 heteroatoms. The van der Waals surface area contributed by atoms with E-state index in [-0.39, 0.29) is 0 Å². The van der Waals surface area contributed by atoms with E-state index in [1.165, 1.54) is 18.4 Å². The van der Waals surface area contributed by atoms with E-state index in [4.69, 9.17) is 9.47 Å². The molecule has 0 aliphatic heterocycles. The fourth-order valence-corrected chi connectivity index (χ4v) is 2.14. The first-order chi connectivity index (χ1) is 8.28. The number of hydrogen-bond donors (Lipinski definition) is 1. The second kappa shape index (κ2) is 5.78. The lowest BCUT2D eigenvalue weighted by molar-refractivity contribution is 0.202. The highest BCUT2D eigenvalue weighted by Crippen LogP contribution is 2.46. The summed E-state index contributed by atoms with van der Waals surface area (Å²) in [6, 6.07) is 8.29. The number of thiol groups is 1. The molecule has 1 saturated carbocycles. The predicted molar refractivity (Wildman–Crippen MR) is 73.0 cm³/mol. The monoisotopic (exact) mass is 252 g/mol. The zero-order valence-electron chi connectivity index (χ0n) is 10.3. The molecule has 0 N–H and O–H groups in total. The minimum Gasteiger partial charge on any atom is -0.493 e. The Labute approximate surface area is 109 Å². The van der Waals surface area contributed by atoms with Crippen molar-refractivity contribution < 1.29 is 9.47 Å². The Morgan fingerprint density at radius 3 is 2.47 bits per heavy atom. The molecule has 0 amide bonds. The van der Waals surface area contributed by atoms with Crippen molar-refractivity contribution in [1.82, 2.24) is 0 Å². The zero-order valence-corrected chi connectivity index (χ0v) is 11.2.